The van der Waals surface area contributed by atoms with Gasteiger partial charge in [0.25, 0.3) is 5.91 Å². The molecule has 0 radical (unpaired) electrons. The van der Waals surface area contributed by atoms with E-state index >= 15 is 0 Å². The summed E-state index contributed by atoms with van der Waals surface area (Å²) in [7, 11) is 0.776. The number of rotatable bonds is 17. The van der Waals surface area contributed by atoms with Crippen molar-refractivity contribution in [1.29, 1.82) is 0 Å². The lowest BCUT2D eigenvalue weighted by molar-refractivity contribution is -0.136. The van der Waals surface area contributed by atoms with Crippen molar-refractivity contribution in [3.63, 3.8) is 0 Å². The molecular weight excluding hydrogens is 921 g/mol. The van der Waals surface area contributed by atoms with E-state index in [4.69, 9.17) is 25.4 Å². The fourth-order valence-electron chi connectivity index (χ4n) is 10.4. The van der Waals surface area contributed by atoms with Gasteiger partial charge in [-0.3, -0.25) is 39.0 Å². The SMILES string of the molecule is COc1cc(N2CCC(N3CCN(CCN4CCN(CCc5cccc6c5CN(C5CCC(=O)NC5=O)C6=O)CC4)CC3)CC2)ccc1Nc1ncc(Cl)c(Nc2ccccc2P(=O)(OC)OC)n1. The number of para-hydroxylation sites is 1. The molecule has 0 bridgehead atoms. The Bertz CT molecular complexity index is 2540. The standard InChI is InChI=1S/C49H63ClN11O7P/c1-66-43-31-36(11-12-40(43)53-49-51-32-39(50)46(55-49)52-41-9-4-5-10-44(41)69(65,67-2)68-3)59-19-16-35(17-20-59)60-29-27-58(28-30-60)26-25-57-23-21-56(22-24-57)18-15-34-7-6-8-37-38(34)33-61(48(37)64)42-13-14-45(62)54-47(42)63/h4-12,31-32,35,42H,13-30,33H2,1-3H3,(H,54,62,63)(H2,51,52,53,55). The smallest absolute Gasteiger partial charge is 0.362 e. The highest BCUT2D eigenvalue weighted by Gasteiger charge is 2.40. The normalized spacial score (nSPS) is 20.3. The van der Waals surface area contributed by atoms with Crippen LogP contribution in [0.2, 0.25) is 5.02 Å². The Morgan fingerprint density at radius 1 is 0.783 bits per heavy atom. The van der Waals surface area contributed by atoms with Crippen LogP contribution in [0.15, 0.2) is 66.9 Å². The second-order valence-electron chi connectivity index (χ2n) is 18.3. The van der Waals surface area contributed by atoms with E-state index in [1.54, 1.807) is 36.3 Å². The van der Waals surface area contributed by atoms with Gasteiger partial charge in [0, 0.05) is 136 Å². The zero-order valence-electron chi connectivity index (χ0n) is 39.7. The van der Waals surface area contributed by atoms with E-state index in [1.807, 2.05) is 18.2 Å². The van der Waals surface area contributed by atoms with Crippen LogP contribution in [0.4, 0.5) is 28.8 Å². The molecular formula is C49H63ClN11O7P. The lowest BCUT2D eigenvalue weighted by Crippen LogP contribution is -2.54. The number of hydrogen-bond acceptors (Lipinski definition) is 16. The van der Waals surface area contributed by atoms with Crippen LogP contribution in [0, 0.1) is 0 Å². The molecule has 3 aromatic carbocycles. The molecule has 1 atom stereocenters. The molecule has 5 aliphatic rings. The second-order valence-corrected chi connectivity index (χ2v) is 20.9. The first-order valence-electron chi connectivity index (χ1n) is 24.0. The highest BCUT2D eigenvalue weighted by Crippen LogP contribution is 2.47. The summed E-state index contributed by atoms with van der Waals surface area (Å²) in [5.74, 6) is 0.532. The molecule has 18 nitrogen and oxygen atoms in total. The third kappa shape index (κ3) is 11.1. The number of amides is 3. The minimum atomic E-state index is -3.56. The minimum Gasteiger partial charge on any atom is -0.494 e. The Morgan fingerprint density at radius 3 is 2.17 bits per heavy atom. The number of halogens is 1. The van der Waals surface area contributed by atoms with Crippen LogP contribution in [0.3, 0.4) is 0 Å². The maximum Gasteiger partial charge on any atom is 0.362 e. The summed E-state index contributed by atoms with van der Waals surface area (Å²) >= 11 is 6.51. The molecule has 4 saturated heterocycles. The van der Waals surface area contributed by atoms with Gasteiger partial charge in [0.1, 0.15) is 16.8 Å². The molecule has 0 saturated carbocycles. The number of piperidine rings is 2. The van der Waals surface area contributed by atoms with Gasteiger partial charge in [-0.1, -0.05) is 35.9 Å². The van der Waals surface area contributed by atoms with Crippen molar-refractivity contribution in [3.05, 3.63) is 88.6 Å². The number of nitrogens with one attached hydrogen (secondary N) is 3. The van der Waals surface area contributed by atoms with E-state index in [1.165, 1.54) is 26.0 Å². The Kier molecular flexibility index (Phi) is 15.5. The Morgan fingerprint density at radius 2 is 1.48 bits per heavy atom. The maximum absolute atomic E-state index is 13.3. The average molecular weight is 985 g/mol. The lowest BCUT2D eigenvalue weighted by Gasteiger charge is -2.44. The van der Waals surface area contributed by atoms with Gasteiger partial charge in [-0.05, 0) is 67.1 Å². The molecule has 5 aliphatic heterocycles. The van der Waals surface area contributed by atoms with Crippen LogP contribution in [0.1, 0.15) is 47.2 Å². The van der Waals surface area contributed by atoms with Crippen molar-refractivity contribution in [2.24, 2.45) is 0 Å². The van der Waals surface area contributed by atoms with Crippen molar-refractivity contribution in [1.82, 2.24) is 39.8 Å². The molecule has 1 aromatic heterocycles. The van der Waals surface area contributed by atoms with Crippen LogP contribution in [-0.4, -0.2) is 171 Å². The number of methoxy groups -OCH3 is 1. The summed E-state index contributed by atoms with van der Waals surface area (Å²) in [6, 6.07) is 19.0. The summed E-state index contributed by atoms with van der Waals surface area (Å²) in [6.45, 7) is 14.1. The second kappa shape index (κ2) is 21.9. The predicted molar refractivity (Wildman–Crippen MR) is 267 cm³/mol. The van der Waals surface area contributed by atoms with E-state index in [0.29, 0.717) is 58.8 Å². The average Bonchev–Trinajstić information content (AvgIpc) is 3.72. The molecule has 3 amide bonds. The number of fused-ring (bicyclic) bond motifs is 1. The van der Waals surface area contributed by atoms with Crippen LogP contribution in [0.25, 0.3) is 0 Å². The largest absolute Gasteiger partial charge is 0.494 e. The molecule has 9 rings (SSSR count). The molecule has 368 valence electrons. The number of ether oxygens (including phenoxy) is 1. The summed E-state index contributed by atoms with van der Waals surface area (Å²) < 4.78 is 29.5. The number of piperazine rings is 2. The molecule has 4 aromatic rings. The van der Waals surface area contributed by atoms with Crippen molar-refractivity contribution in [3.8, 4) is 5.75 Å². The van der Waals surface area contributed by atoms with E-state index in [-0.39, 0.29) is 29.2 Å². The number of nitrogens with zero attached hydrogens (tertiary/aromatic N) is 8. The van der Waals surface area contributed by atoms with Crippen molar-refractivity contribution < 1.29 is 32.7 Å². The van der Waals surface area contributed by atoms with Crippen molar-refractivity contribution >= 4 is 71.1 Å². The summed E-state index contributed by atoms with van der Waals surface area (Å²) in [4.78, 5) is 61.1. The van der Waals surface area contributed by atoms with Gasteiger partial charge in [-0.15, -0.1) is 0 Å². The quantitative estimate of drug-likeness (QED) is 0.0957. The Labute approximate surface area is 409 Å². The predicted octanol–water partition coefficient (Wildman–Crippen LogP) is 4.94. The molecule has 3 N–H and O–H groups in total. The zero-order chi connectivity index (χ0) is 48.1. The number of anilines is 5. The molecule has 1 unspecified atom stereocenters. The minimum absolute atomic E-state index is 0.113. The molecule has 4 fully saturated rings. The lowest BCUT2D eigenvalue weighted by atomic mass is 10.0. The van der Waals surface area contributed by atoms with Crippen LogP contribution in [0.5, 0.6) is 5.75 Å². The van der Waals surface area contributed by atoms with Gasteiger partial charge in [0.05, 0.1) is 30.0 Å². The topological polar surface area (TPSA) is 177 Å². The fraction of sp³-hybridized carbons (Fsp3) is 0.490. The maximum atomic E-state index is 13.3. The first-order valence-corrected chi connectivity index (χ1v) is 25.9. The summed E-state index contributed by atoms with van der Waals surface area (Å²) in [6.07, 6.45) is 5.22. The number of imide groups is 1. The molecule has 69 heavy (non-hydrogen) atoms. The van der Waals surface area contributed by atoms with Gasteiger partial charge in [-0.2, -0.15) is 4.98 Å². The van der Waals surface area contributed by atoms with Crippen molar-refractivity contribution in [2.75, 3.05) is 122 Å². The highest BCUT2D eigenvalue weighted by molar-refractivity contribution is 7.62. The molecule has 20 heteroatoms. The summed E-state index contributed by atoms with van der Waals surface area (Å²) in [5, 5.41) is 9.48. The van der Waals surface area contributed by atoms with Gasteiger partial charge in [-0.25, -0.2) is 4.98 Å². The van der Waals surface area contributed by atoms with E-state index in [9.17, 15) is 18.9 Å². The first-order chi connectivity index (χ1) is 33.5. The van der Waals surface area contributed by atoms with E-state index in [2.05, 4.69) is 68.6 Å². The van der Waals surface area contributed by atoms with E-state index < -0.39 is 13.6 Å². The Hall–Kier alpha value is -5.17. The van der Waals surface area contributed by atoms with E-state index in [0.717, 1.165) is 116 Å². The van der Waals surface area contributed by atoms with Gasteiger partial charge in [0.2, 0.25) is 17.8 Å². The number of carbonyl (C=O) groups is 3. The number of carbonyl (C=O) groups excluding carboxylic acids is 3. The van der Waals surface area contributed by atoms with Crippen LogP contribution < -0.4 is 30.9 Å². The van der Waals surface area contributed by atoms with Gasteiger partial charge < -0.3 is 39.1 Å². The molecule has 0 aliphatic carbocycles. The van der Waals surface area contributed by atoms with Crippen LogP contribution >= 0.6 is 19.2 Å². The highest BCUT2D eigenvalue weighted by atomic mass is 35.5. The third-order valence-corrected chi connectivity index (χ3v) is 16.7. The van der Waals surface area contributed by atoms with Crippen LogP contribution in [-0.2, 0) is 36.2 Å². The summed E-state index contributed by atoms with van der Waals surface area (Å²) in [5.41, 5.74) is 5.18. The molecule has 6 heterocycles. The number of aromatic nitrogens is 2. The third-order valence-electron chi connectivity index (χ3n) is 14.4. The number of hydrogen-bond donors (Lipinski definition) is 3. The van der Waals surface area contributed by atoms with Gasteiger partial charge >= 0.3 is 7.60 Å². The fourth-order valence-corrected chi connectivity index (χ4v) is 11.7. The number of benzene rings is 3. The monoisotopic (exact) mass is 983 g/mol. The van der Waals surface area contributed by atoms with Crippen molar-refractivity contribution in [2.45, 2.75) is 50.7 Å². The van der Waals surface area contributed by atoms with Gasteiger partial charge in [0.15, 0.2) is 5.82 Å². The first kappa shape index (κ1) is 48.8. The molecule has 0 spiro atoms. The zero-order valence-corrected chi connectivity index (χ0v) is 41.4. The Balaban J connectivity index is 0.689.